The number of hydrogen-bond donors (Lipinski definition) is 0. The molecule has 7 heteroatoms. The second-order valence-corrected chi connectivity index (χ2v) is 13.3. The lowest BCUT2D eigenvalue weighted by atomic mass is 10.1. The van der Waals surface area contributed by atoms with E-state index in [-0.39, 0.29) is 5.82 Å². The molecule has 0 saturated heterocycles. The Bertz CT molecular complexity index is 892. The zero-order valence-corrected chi connectivity index (χ0v) is 16.3. The van der Waals surface area contributed by atoms with E-state index in [1.165, 1.54) is 12.3 Å². The van der Waals surface area contributed by atoms with E-state index in [9.17, 15) is 4.39 Å². The monoisotopic (exact) mass is 377 g/mol. The van der Waals surface area contributed by atoms with Gasteiger partial charge in [0.05, 0.1) is 11.2 Å². The van der Waals surface area contributed by atoms with Crippen LogP contribution in [0.15, 0.2) is 36.9 Å². The molecule has 0 bridgehead atoms. The minimum atomic E-state index is -1.13. The van der Waals surface area contributed by atoms with Gasteiger partial charge in [-0.2, -0.15) is 0 Å². The first-order valence-corrected chi connectivity index (χ1v) is 12.3. The molecule has 0 spiro atoms. The van der Waals surface area contributed by atoms with Gasteiger partial charge in [-0.05, 0) is 18.2 Å². The van der Waals surface area contributed by atoms with E-state index in [4.69, 9.17) is 16.3 Å². The summed E-state index contributed by atoms with van der Waals surface area (Å²) in [6.07, 6.45) is 6.37. The molecular weight excluding hydrogens is 357 g/mol. The molecule has 0 fully saturated rings. The van der Waals surface area contributed by atoms with Crippen LogP contribution >= 0.6 is 11.6 Å². The molecule has 0 aromatic carbocycles. The third-order valence-electron chi connectivity index (χ3n) is 3.95. The molecule has 3 heterocycles. The van der Waals surface area contributed by atoms with Crippen LogP contribution in [-0.2, 0) is 11.5 Å². The Morgan fingerprint density at radius 3 is 2.80 bits per heavy atom. The number of rotatable bonds is 6. The largest absolute Gasteiger partial charge is 0.361 e. The summed E-state index contributed by atoms with van der Waals surface area (Å²) in [6.45, 7) is 8.05. The molecule has 3 aromatic heterocycles. The summed E-state index contributed by atoms with van der Waals surface area (Å²) >= 11 is 6.38. The van der Waals surface area contributed by atoms with Crippen molar-refractivity contribution in [1.29, 1.82) is 0 Å². The second-order valence-electron chi connectivity index (χ2n) is 7.24. The van der Waals surface area contributed by atoms with Crippen LogP contribution in [-0.4, -0.2) is 29.2 Å². The molecule has 0 unspecified atom stereocenters. The van der Waals surface area contributed by atoms with E-state index in [1.54, 1.807) is 18.5 Å². The number of ether oxygens (including phenoxy) is 1. The Hall–Kier alpha value is -1.76. The highest BCUT2D eigenvalue weighted by Crippen LogP contribution is 2.34. The van der Waals surface area contributed by atoms with Gasteiger partial charge in [0.25, 0.3) is 0 Å². The summed E-state index contributed by atoms with van der Waals surface area (Å²) in [4.78, 5) is 8.37. The lowest BCUT2D eigenvalue weighted by molar-refractivity contribution is 0.0899. The first-order chi connectivity index (χ1) is 11.8. The number of pyridine rings is 2. The van der Waals surface area contributed by atoms with Gasteiger partial charge in [0.15, 0.2) is 0 Å². The van der Waals surface area contributed by atoms with Gasteiger partial charge in [-0.1, -0.05) is 31.2 Å². The quantitative estimate of drug-likeness (QED) is 0.437. The van der Waals surface area contributed by atoms with Crippen LogP contribution in [0.25, 0.3) is 22.2 Å². The molecule has 0 radical (unpaired) electrons. The summed E-state index contributed by atoms with van der Waals surface area (Å²) in [5, 5.41) is 1.36. The van der Waals surface area contributed by atoms with E-state index < -0.39 is 8.07 Å². The van der Waals surface area contributed by atoms with Crippen LogP contribution in [0, 0.1) is 5.82 Å². The number of aromatic nitrogens is 3. The van der Waals surface area contributed by atoms with Crippen molar-refractivity contribution in [2.24, 2.45) is 0 Å². The summed E-state index contributed by atoms with van der Waals surface area (Å²) in [5.41, 5.74) is 2.19. The highest BCUT2D eigenvalue weighted by atomic mass is 35.5. The lowest BCUT2D eigenvalue weighted by Crippen LogP contribution is -2.22. The summed E-state index contributed by atoms with van der Waals surface area (Å²) in [7, 11) is -1.13. The number of hydrogen-bond acceptors (Lipinski definition) is 3. The van der Waals surface area contributed by atoms with Gasteiger partial charge in [-0.3, -0.25) is 4.98 Å². The van der Waals surface area contributed by atoms with Crippen LogP contribution < -0.4 is 0 Å². The maximum Gasteiger partial charge on any atom is 0.143 e. The Morgan fingerprint density at radius 2 is 2.08 bits per heavy atom. The molecule has 0 N–H and O–H groups in total. The van der Waals surface area contributed by atoms with Gasteiger partial charge >= 0.3 is 0 Å². The standard InChI is InChI=1S/C18H21ClFN3OSi/c1-25(2,3)7-6-24-12-23-11-15(13-8-14(20)10-21-9-13)17-16(19)4-5-22-18(17)23/h4-5,8-11H,6-7,12H2,1-3H3. The fourth-order valence-corrected chi connectivity index (χ4v) is 3.59. The molecule has 4 nitrogen and oxygen atoms in total. The van der Waals surface area contributed by atoms with Crippen LogP contribution in [0.2, 0.25) is 30.7 Å². The number of halogens is 2. The first-order valence-electron chi connectivity index (χ1n) is 8.17. The Kier molecular flexibility index (Phi) is 5.22. The first kappa shape index (κ1) is 18.0. The molecule has 0 saturated carbocycles. The van der Waals surface area contributed by atoms with E-state index >= 15 is 0 Å². The normalized spacial score (nSPS) is 12.0. The molecule has 0 aliphatic rings. The van der Waals surface area contributed by atoms with E-state index in [2.05, 4.69) is 29.6 Å². The van der Waals surface area contributed by atoms with Crippen LogP contribution in [0.4, 0.5) is 4.39 Å². The van der Waals surface area contributed by atoms with Crippen molar-refractivity contribution < 1.29 is 9.13 Å². The number of nitrogens with zero attached hydrogens (tertiary/aromatic N) is 3. The maximum absolute atomic E-state index is 13.6. The Morgan fingerprint density at radius 1 is 1.28 bits per heavy atom. The molecule has 0 atom stereocenters. The zero-order valence-electron chi connectivity index (χ0n) is 14.6. The average Bonchev–Trinajstić information content (AvgIpc) is 2.91. The number of fused-ring (bicyclic) bond motifs is 1. The molecular formula is C18H21ClFN3OSi. The van der Waals surface area contributed by atoms with Gasteiger partial charge in [0.2, 0.25) is 0 Å². The molecule has 3 aromatic rings. The Balaban J connectivity index is 1.93. The smallest absolute Gasteiger partial charge is 0.143 e. The predicted molar refractivity (Wildman–Crippen MR) is 102 cm³/mol. The van der Waals surface area contributed by atoms with Gasteiger partial charge in [0, 0.05) is 49.8 Å². The van der Waals surface area contributed by atoms with Crippen LogP contribution in [0.1, 0.15) is 0 Å². The van der Waals surface area contributed by atoms with Gasteiger partial charge in [0.1, 0.15) is 18.2 Å². The molecule has 0 amide bonds. The maximum atomic E-state index is 13.6. The summed E-state index contributed by atoms with van der Waals surface area (Å²) in [6, 6.07) is 4.28. The fourth-order valence-electron chi connectivity index (χ4n) is 2.59. The van der Waals surface area contributed by atoms with Crippen molar-refractivity contribution in [2.75, 3.05) is 6.61 Å². The van der Waals surface area contributed by atoms with Gasteiger partial charge < -0.3 is 9.30 Å². The minimum absolute atomic E-state index is 0.384. The third kappa shape index (κ3) is 4.26. The highest BCUT2D eigenvalue weighted by Gasteiger charge is 2.16. The predicted octanol–water partition coefficient (Wildman–Crippen LogP) is 5.20. The Labute approximate surface area is 152 Å². The highest BCUT2D eigenvalue weighted by molar-refractivity contribution is 6.76. The molecule has 0 aliphatic carbocycles. The van der Waals surface area contributed by atoms with E-state index in [0.717, 1.165) is 22.6 Å². The topological polar surface area (TPSA) is 39.9 Å². The zero-order chi connectivity index (χ0) is 18.0. The van der Waals surface area contributed by atoms with Crippen LogP contribution in [0.5, 0.6) is 0 Å². The summed E-state index contributed by atoms with van der Waals surface area (Å²) in [5.74, 6) is -0.384. The molecule has 25 heavy (non-hydrogen) atoms. The van der Waals surface area contributed by atoms with Crippen molar-refractivity contribution in [3.05, 3.63) is 47.8 Å². The van der Waals surface area contributed by atoms with Crippen molar-refractivity contribution in [3.8, 4) is 11.1 Å². The fraction of sp³-hybridized carbons (Fsp3) is 0.333. The van der Waals surface area contributed by atoms with Gasteiger partial charge in [-0.25, -0.2) is 9.37 Å². The van der Waals surface area contributed by atoms with Crippen molar-refractivity contribution in [1.82, 2.24) is 14.5 Å². The second kappa shape index (κ2) is 7.23. The minimum Gasteiger partial charge on any atom is -0.361 e. The van der Waals surface area contributed by atoms with E-state index in [0.29, 0.717) is 23.9 Å². The van der Waals surface area contributed by atoms with Gasteiger partial charge in [-0.15, -0.1) is 0 Å². The van der Waals surface area contributed by atoms with E-state index in [1.807, 2.05) is 10.8 Å². The summed E-state index contributed by atoms with van der Waals surface area (Å²) < 4.78 is 21.3. The molecule has 0 aliphatic heterocycles. The lowest BCUT2D eigenvalue weighted by Gasteiger charge is -2.15. The van der Waals surface area contributed by atoms with Crippen molar-refractivity contribution >= 4 is 30.7 Å². The molecule has 132 valence electrons. The van der Waals surface area contributed by atoms with Crippen LogP contribution in [0.3, 0.4) is 0 Å². The third-order valence-corrected chi connectivity index (χ3v) is 5.97. The van der Waals surface area contributed by atoms with Crippen molar-refractivity contribution in [2.45, 2.75) is 32.4 Å². The average molecular weight is 378 g/mol. The molecule has 3 rings (SSSR count). The SMILES string of the molecule is C[Si](C)(C)CCOCn1cc(-c2cncc(F)c2)c2c(Cl)ccnc21. The van der Waals surface area contributed by atoms with Crippen molar-refractivity contribution in [3.63, 3.8) is 0 Å².